The number of hydrogen-bond donors (Lipinski definition) is 1. The van der Waals surface area contributed by atoms with E-state index < -0.39 is 0 Å². The van der Waals surface area contributed by atoms with Crippen LogP contribution in [0.5, 0.6) is 0 Å². The van der Waals surface area contributed by atoms with E-state index in [0.717, 1.165) is 30.6 Å². The first-order valence-electron chi connectivity index (χ1n) is 8.51. The van der Waals surface area contributed by atoms with E-state index in [1.165, 1.54) is 27.7 Å². The molecule has 0 saturated heterocycles. The molecular formula is C21H20Cl2N2. The summed E-state index contributed by atoms with van der Waals surface area (Å²) < 4.78 is 2.32. The lowest BCUT2D eigenvalue weighted by Crippen LogP contribution is -2.24. The van der Waals surface area contributed by atoms with Gasteiger partial charge in [-0.2, -0.15) is 0 Å². The first-order valence-corrected chi connectivity index (χ1v) is 9.27. The van der Waals surface area contributed by atoms with E-state index in [9.17, 15) is 0 Å². The summed E-state index contributed by atoms with van der Waals surface area (Å²) in [5.74, 6) is 0. The molecule has 0 saturated carbocycles. The van der Waals surface area contributed by atoms with Gasteiger partial charge in [0.2, 0.25) is 0 Å². The summed E-state index contributed by atoms with van der Waals surface area (Å²) in [7, 11) is 0. The number of nitrogens with one attached hydrogen (secondary N) is 1. The molecule has 4 rings (SSSR count). The zero-order valence-electron chi connectivity index (χ0n) is 14.4. The maximum Gasteiger partial charge on any atom is 0.0529 e. The Bertz CT molecular complexity index is 999. The predicted octanol–water partition coefficient (Wildman–Crippen LogP) is 5.92. The van der Waals surface area contributed by atoms with E-state index in [2.05, 4.69) is 48.1 Å². The average molecular weight is 371 g/mol. The van der Waals surface area contributed by atoms with Gasteiger partial charge in [-0.15, -0.1) is 0 Å². The standard InChI is InChI=1S/C21H20Cl2N2/c1-13-3-6-20-18(9-13)17-7-8-24-11-21(17)25(20)12-14(2)16-5-4-15(22)10-19(16)23/h3-6,9-10,12,24H,7-8,11H2,1-2H3. The molecule has 0 bridgehead atoms. The van der Waals surface area contributed by atoms with Crippen LogP contribution in [-0.4, -0.2) is 11.1 Å². The van der Waals surface area contributed by atoms with Gasteiger partial charge in [-0.05, 0) is 67.8 Å². The molecule has 1 aromatic heterocycles. The third-order valence-electron chi connectivity index (χ3n) is 4.90. The molecule has 3 aromatic rings. The van der Waals surface area contributed by atoms with Gasteiger partial charge in [0.25, 0.3) is 0 Å². The van der Waals surface area contributed by atoms with Crippen LogP contribution in [0.4, 0.5) is 0 Å². The summed E-state index contributed by atoms with van der Waals surface area (Å²) in [6.45, 7) is 6.17. The summed E-state index contributed by atoms with van der Waals surface area (Å²) >= 11 is 12.4. The van der Waals surface area contributed by atoms with Gasteiger partial charge in [0.05, 0.1) is 5.52 Å². The Morgan fingerprint density at radius 3 is 2.80 bits per heavy atom. The lowest BCUT2D eigenvalue weighted by molar-refractivity contribution is 0.629. The summed E-state index contributed by atoms with van der Waals surface area (Å²) in [4.78, 5) is 0. The van der Waals surface area contributed by atoms with Gasteiger partial charge in [0.1, 0.15) is 0 Å². The average Bonchev–Trinajstić information content (AvgIpc) is 2.88. The molecule has 1 N–H and O–H groups in total. The molecule has 1 aliphatic heterocycles. The number of hydrogen-bond acceptors (Lipinski definition) is 1. The largest absolute Gasteiger partial charge is 0.318 e. The van der Waals surface area contributed by atoms with Crippen molar-refractivity contribution in [3.8, 4) is 0 Å². The molecule has 0 fully saturated rings. The summed E-state index contributed by atoms with van der Waals surface area (Å²) in [6, 6.07) is 12.4. The molecular weight excluding hydrogens is 351 g/mol. The van der Waals surface area contributed by atoms with Crippen molar-refractivity contribution in [2.75, 3.05) is 6.54 Å². The Morgan fingerprint density at radius 2 is 2.00 bits per heavy atom. The van der Waals surface area contributed by atoms with Crippen molar-refractivity contribution in [2.24, 2.45) is 0 Å². The van der Waals surface area contributed by atoms with Crippen molar-refractivity contribution in [3.63, 3.8) is 0 Å². The molecule has 4 heteroatoms. The van der Waals surface area contributed by atoms with Crippen LogP contribution in [0.2, 0.25) is 10.0 Å². The molecule has 128 valence electrons. The molecule has 2 nitrogen and oxygen atoms in total. The van der Waals surface area contributed by atoms with E-state index in [-0.39, 0.29) is 0 Å². The van der Waals surface area contributed by atoms with Crippen LogP contribution in [0.1, 0.15) is 29.3 Å². The third-order valence-corrected chi connectivity index (χ3v) is 5.45. The topological polar surface area (TPSA) is 17.0 Å². The fraction of sp³-hybridized carbons (Fsp3) is 0.238. The highest BCUT2D eigenvalue weighted by molar-refractivity contribution is 6.35. The second-order valence-corrected chi connectivity index (χ2v) is 7.52. The summed E-state index contributed by atoms with van der Waals surface area (Å²) in [5, 5.41) is 6.20. The molecule has 0 radical (unpaired) electrons. The van der Waals surface area contributed by atoms with Crippen LogP contribution < -0.4 is 5.32 Å². The number of rotatable bonds is 2. The number of aryl methyl sites for hydroxylation is 1. The van der Waals surface area contributed by atoms with Gasteiger partial charge in [-0.3, -0.25) is 0 Å². The minimum absolute atomic E-state index is 0.657. The van der Waals surface area contributed by atoms with E-state index in [1.54, 1.807) is 6.07 Å². The van der Waals surface area contributed by atoms with Gasteiger partial charge in [-0.25, -0.2) is 0 Å². The minimum Gasteiger partial charge on any atom is -0.318 e. The molecule has 2 heterocycles. The number of fused-ring (bicyclic) bond motifs is 3. The van der Waals surface area contributed by atoms with Crippen LogP contribution in [0.25, 0.3) is 22.7 Å². The predicted molar refractivity (Wildman–Crippen MR) is 108 cm³/mol. The number of allylic oxidation sites excluding steroid dienone is 1. The summed E-state index contributed by atoms with van der Waals surface area (Å²) in [5.41, 5.74) is 7.49. The molecule has 0 aliphatic carbocycles. The highest BCUT2D eigenvalue weighted by Crippen LogP contribution is 2.32. The molecule has 0 amide bonds. The van der Waals surface area contributed by atoms with Gasteiger partial charge in [0, 0.05) is 33.9 Å². The maximum absolute atomic E-state index is 6.40. The van der Waals surface area contributed by atoms with Crippen LogP contribution in [0.15, 0.2) is 36.4 Å². The zero-order valence-corrected chi connectivity index (χ0v) is 15.9. The Morgan fingerprint density at radius 1 is 1.16 bits per heavy atom. The van der Waals surface area contributed by atoms with E-state index >= 15 is 0 Å². The highest BCUT2D eigenvalue weighted by atomic mass is 35.5. The minimum atomic E-state index is 0.657. The van der Waals surface area contributed by atoms with Crippen molar-refractivity contribution in [3.05, 3.63) is 68.8 Å². The van der Waals surface area contributed by atoms with E-state index in [0.29, 0.717) is 10.0 Å². The SMILES string of the molecule is CC(=Cn1c2c(c3cc(C)ccc31)CCNC2)c1ccc(Cl)cc1Cl. The van der Waals surface area contributed by atoms with Gasteiger partial charge >= 0.3 is 0 Å². The zero-order chi connectivity index (χ0) is 17.6. The Labute approximate surface area is 158 Å². The van der Waals surface area contributed by atoms with Gasteiger partial charge < -0.3 is 9.88 Å². The molecule has 0 atom stereocenters. The van der Waals surface area contributed by atoms with Crippen LogP contribution in [0.3, 0.4) is 0 Å². The molecule has 0 spiro atoms. The fourth-order valence-corrected chi connectivity index (χ4v) is 4.22. The highest BCUT2D eigenvalue weighted by Gasteiger charge is 2.19. The van der Waals surface area contributed by atoms with Crippen LogP contribution in [-0.2, 0) is 13.0 Å². The molecule has 25 heavy (non-hydrogen) atoms. The van der Waals surface area contributed by atoms with Crippen molar-refractivity contribution < 1.29 is 0 Å². The van der Waals surface area contributed by atoms with Gasteiger partial charge in [-0.1, -0.05) is 40.9 Å². The normalized spacial score (nSPS) is 14.8. The van der Waals surface area contributed by atoms with E-state index in [1.807, 2.05) is 12.1 Å². The Hall–Kier alpha value is -1.74. The number of benzene rings is 2. The Balaban J connectivity index is 1.91. The lowest BCUT2D eigenvalue weighted by atomic mass is 10.0. The van der Waals surface area contributed by atoms with Crippen molar-refractivity contribution >= 4 is 45.9 Å². The number of halogens is 2. The van der Waals surface area contributed by atoms with Gasteiger partial charge in [0.15, 0.2) is 0 Å². The number of aromatic nitrogens is 1. The van der Waals surface area contributed by atoms with E-state index in [4.69, 9.17) is 23.2 Å². The van der Waals surface area contributed by atoms with Crippen molar-refractivity contribution in [1.82, 2.24) is 9.88 Å². The Kier molecular flexibility index (Phi) is 4.36. The van der Waals surface area contributed by atoms with Crippen LogP contribution in [0, 0.1) is 6.92 Å². The van der Waals surface area contributed by atoms with Crippen molar-refractivity contribution in [1.29, 1.82) is 0 Å². The summed E-state index contributed by atoms with van der Waals surface area (Å²) in [6.07, 6.45) is 3.26. The third kappa shape index (κ3) is 2.99. The quantitative estimate of drug-likeness (QED) is 0.592. The smallest absolute Gasteiger partial charge is 0.0529 e. The first kappa shape index (κ1) is 16.7. The second kappa shape index (κ2) is 6.53. The molecule has 1 aliphatic rings. The maximum atomic E-state index is 6.40. The van der Waals surface area contributed by atoms with Crippen LogP contribution >= 0.6 is 23.2 Å². The fourth-order valence-electron chi connectivity index (χ4n) is 3.66. The monoisotopic (exact) mass is 370 g/mol. The second-order valence-electron chi connectivity index (χ2n) is 6.68. The number of nitrogens with zero attached hydrogens (tertiary/aromatic N) is 1. The molecule has 2 aromatic carbocycles. The molecule has 0 unspecified atom stereocenters. The van der Waals surface area contributed by atoms with Crippen molar-refractivity contribution in [2.45, 2.75) is 26.8 Å². The lowest BCUT2D eigenvalue weighted by Gasteiger charge is -2.16. The first-order chi connectivity index (χ1) is 12.0.